The highest BCUT2D eigenvalue weighted by atomic mass is 35.5. The number of halogens is 2. The topological polar surface area (TPSA) is 29.3 Å². The smallest absolute Gasteiger partial charge is 0.0474 e. The second-order valence-electron chi connectivity index (χ2n) is 5.17. The number of hydrogen-bond acceptors (Lipinski definition) is 2. The van der Waals surface area contributed by atoms with Crippen LogP contribution in [0.1, 0.15) is 37.3 Å². The first-order valence-corrected chi connectivity index (χ1v) is 6.69. The van der Waals surface area contributed by atoms with Crippen LogP contribution in [-0.4, -0.2) is 14.1 Å². The molecule has 0 unspecified atom stereocenters. The van der Waals surface area contributed by atoms with Crippen molar-refractivity contribution in [3.05, 3.63) is 28.8 Å². The normalized spacial score (nSPS) is 17.3. The summed E-state index contributed by atoms with van der Waals surface area (Å²) >= 11 is 6.34. The minimum absolute atomic E-state index is 0. The summed E-state index contributed by atoms with van der Waals surface area (Å²) in [5.41, 5.74) is 8.55. The molecular weight excluding hydrogens is 267 g/mol. The molecule has 4 heteroatoms. The highest BCUT2D eigenvalue weighted by Crippen LogP contribution is 2.37. The van der Waals surface area contributed by atoms with Crippen LogP contribution in [0, 0.1) is 5.92 Å². The molecule has 0 spiro atoms. The third kappa shape index (κ3) is 3.31. The van der Waals surface area contributed by atoms with Crippen LogP contribution >= 0.6 is 24.0 Å². The van der Waals surface area contributed by atoms with Gasteiger partial charge < -0.3 is 10.6 Å². The third-order valence-electron chi connectivity index (χ3n) is 3.77. The summed E-state index contributed by atoms with van der Waals surface area (Å²) in [5, 5.41) is 0.801. The molecule has 0 heterocycles. The van der Waals surface area contributed by atoms with Crippen molar-refractivity contribution in [1.29, 1.82) is 0 Å². The van der Waals surface area contributed by atoms with Crippen molar-refractivity contribution in [3.8, 4) is 0 Å². The summed E-state index contributed by atoms with van der Waals surface area (Å²) in [6.45, 7) is 0. The SMILES string of the molecule is CN(C)c1ccc([C@H](N)C2CCCC2)c(Cl)c1.Cl. The number of nitrogens with two attached hydrogens (primary N) is 1. The summed E-state index contributed by atoms with van der Waals surface area (Å²) in [6.07, 6.45) is 5.11. The van der Waals surface area contributed by atoms with E-state index in [0.29, 0.717) is 5.92 Å². The lowest BCUT2D eigenvalue weighted by atomic mass is 9.92. The van der Waals surface area contributed by atoms with Crippen LogP contribution in [0.3, 0.4) is 0 Å². The molecule has 1 aromatic carbocycles. The van der Waals surface area contributed by atoms with Gasteiger partial charge in [-0.15, -0.1) is 12.4 Å². The first-order valence-electron chi connectivity index (χ1n) is 6.32. The van der Waals surface area contributed by atoms with Crippen molar-refractivity contribution < 1.29 is 0 Å². The Morgan fingerprint density at radius 1 is 1.28 bits per heavy atom. The molecule has 0 aliphatic heterocycles. The molecule has 1 saturated carbocycles. The van der Waals surface area contributed by atoms with E-state index in [1.807, 2.05) is 20.2 Å². The number of anilines is 1. The summed E-state index contributed by atoms with van der Waals surface area (Å²) in [6, 6.07) is 6.28. The molecular formula is C14H22Cl2N2. The van der Waals surface area contributed by atoms with Crippen molar-refractivity contribution in [3.63, 3.8) is 0 Å². The molecule has 0 amide bonds. The minimum Gasteiger partial charge on any atom is -0.378 e. The molecule has 18 heavy (non-hydrogen) atoms. The van der Waals surface area contributed by atoms with Gasteiger partial charge in [0, 0.05) is 30.8 Å². The molecule has 0 bridgehead atoms. The Morgan fingerprint density at radius 2 is 1.89 bits per heavy atom. The summed E-state index contributed by atoms with van der Waals surface area (Å²) < 4.78 is 0. The fraction of sp³-hybridized carbons (Fsp3) is 0.571. The Hall–Kier alpha value is -0.440. The second kappa shape index (κ2) is 6.65. The molecule has 2 rings (SSSR count). The lowest BCUT2D eigenvalue weighted by molar-refractivity contribution is 0.445. The van der Waals surface area contributed by atoms with Crippen molar-refractivity contribution in [2.24, 2.45) is 11.7 Å². The predicted octanol–water partition coefficient (Wildman–Crippen LogP) is 4.02. The minimum atomic E-state index is 0. The van der Waals surface area contributed by atoms with E-state index >= 15 is 0 Å². The molecule has 1 atom stereocenters. The maximum absolute atomic E-state index is 6.34. The average Bonchev–Trinajstić information content (AvgIpc) is 2.81. The van der Waals surface area contributed by atoms with Gasteiger partial charge in [-0.25, -0.2) is 0 Å². The van der Waals surface area contributed by atoms with E-state index in [2.05, 4.69) is 17.0 Å². The Bertz CT molecular complexity index is 387. The van der Waals surface area contributed by atoms with Gasteiger partial charge in [0.15, 0.2) is 0 Å². The number of hydrogen-bond donors (Lipinski definition) is 1. The maximum Gasteiger partial charge on any atom is 0.0474 e. The largest absolute Gasteiger partial charge is 0.378 e. The standard InChI is InChI=1S/C14H21ClN2.ClH/c1-17(2)11-7-8-12(13(15)9-11)14(16)10-5-3-4-6-10;/h7-10,14H,3-6,16H2,1-2H3;1H/t14-;/m1./s1. The van der Waals surface area contributed by atoms with Crippen LogP contribution < -0.4 is 10.6 Å². The first-order chi connectivity index (χ1) is 8.09. The fourth-order valence-corrected chi connectivity index (χ4v) is 2.94. The number of rotatable bonds is 3. The molecule has 1 aromatic rings. The van der Waals surface area contributed by atoms with E-state index in [4.69, 9.17) is 17.3 Å². The van der Waals surface area contributed by atoms with E-state index in [0.717, 1.165) is 16.3 Å². The Labute approximate surface area is 121 Å². The summed E-state index contributed by atoms with van der Waals surface area (Å²) in [4.78, 5) is 2.05. The molecule has 0 saturated heterocycles. The third-order valence-corrected chi connectivity index (χ3v) is 4.09. The van der Waals surface area contributed by atoms with Crippen molar-refractivity contribution >= 4 is 29.7 Å². The fourth-order valence-electron chi connectivity index (χ4n) is 2.63. The van der Waals surface area contributed by atoms with Gasteiger partial charge in [-0.2, -0.15) is 0 Å². The van der Waals surface area contributed by atoms with Crippen LogP contribution in [0.15, 0.2) is 18.2 Å². The monoisotopic (exact) mass is 288 g/mol. The molecule has 2 nitrogen and oxygen atoms in total. The van der Waals surface area contributed by atoms with Crippen LogP contribution in [0.25, 0.3) is 0 Å². The van der Waals surface area contributed by atoms with Gasteiger partial charge in [0.1, 0.15) is 0 Å². The van der Waals surface area contributed by atoms with Gasteiger partial charge in [-0.05, 0) is 36.5 Å². The highest BCUT2D eigenvalue weighted by molar-refractivity contribution is 6.31. The van der Waals surface area contributed by atoms with Crippen LogP contribution in [0.5, 0.6) is 0 Å². The van der Waals surface area contributed by atoms with Crippen LogP contribution in [-0.2, 0) is 0 Å². The summed E-state index contributed by atoms with van der Waals surface area (Å²) in [5.74, 6) is 0.609. The Morgan fingerprint density at radius 3 is 2.39 bits per heavy atom. The lowest BCUT2D eigenvalue weighted by Crippen LogP contribution is -2.19. The zero-order chi connectivity index (χ0) is 12.4. The molecule has 1 aliphatic carbocycles. The van der Waals surface area contributed by atoms with Gasteiger partial charge in [0.05, 0.1) is 0 Å². The van der Waals surface area contributed by atoms with Gasteiger partial charge in [0.2, 0.25) is 0 Å². The predicted molar refractivity (Wildman–Crippen MR) is 81.9 cm³/mol. The Kier molecular flexibility index (Phi) is 5.77. The van der Waals surface area contributed by atoms with Gasteiger partial charge in [-0.1, -0.05) is 30.5 Å². The maximum atomic E-state index is 6.34. The van der Waals surface area contributed by atoms with E-state index in [1.165, 1.54) is 25.7 Å². The van der Waals surface area contributed by atoms with E-state index in [-0.39, 0.29) is 18.4 Å². The van der Waals surface area contributed by atoms with E-state index < -0.39 is 0 Å². The lowest BCUT2D eigenvalue weighted by Gasteiger charge is -2.22. The van der Waals surface area contributed by atoms with Crippen molar-refractivity contribution in [2.75, 3.05) is 19.0 Å². The zero-order valence-corrected chi connectivity index (χ0v) is 12.6. The van der Waals surface area contributed by atoms with Gasteiger partial charge >= 0.3 is 0 Å². The molecule has 1 aliphatic rings. The number of nitrogens with zero attached hydrogens (tertiary/aromatic N) is 1. The molecule has 1 fully saturated rings. The van der Waals surface area contributed by atoms with Crippen molar-refractivity contribution in [2.45, 2.75) is 31.7 Å². The van der Waals surface area contributed by atoms with Gasteiger partial charge in [0.25, 0.3) is 0 Å². The highest BCUT2D eigenvalue weighted by Gasteiger charge is 2.24. The van der Waals surface area contributed by atoms with Crippen molar-refractivity contribution in [1.82, 2.24) is 0 Å². The van der Waals surface area contributed by atoms with E-state index in [1.54, 1.807) is 0 Å². The average molecular weight is 289 g/mol. The van der Waals surface area contributed by atoms with Crippen LogP contribution in [0.2, 0.25) is 5.02 Å². The zero-order valence-electron chi connectivity index (χ0n) is 11.0. The molecule has 102 valence electrons. The van der Waals surface area contributed by atoms with Gasteiger partial charge in [-0.3, -0.25) is 0 Å². The molecule has 2 N–H and O–H groups in total. The molecule has 0 radical (unpaired) electrons. The van der Waals surface area contributed by atoms with Crippen LogP contribution in [0.4, 0.5) is 5.69 Å². The number of benzene rings is 1. The Balaban J connectivity index is 0.00000162. The first kappa shape index (κ1) is 15.6. The quantitative estimate of drug-likeness (QED) is 0.910. The van der Waals surface area contributed by atoms with E-state index in [9.17, 15) is 0 Å². The molecule has 0 aromatic heterocycles. The summed E-state index contributed by atoms with van der Waals surface area (Å²) in [7, 11) is 4.03. The second-order valence-corrected chi connectivity index (χ2v) is 5.58.